The Labute approximate surface area is 100 Å². The number of aromatic nitrogens is 3. The standard InChI is InChI=1S/C9H6ClN3O2S/c1-15-9(14)6-4-16-8(11-6)5-2-3-7(10)13-12-5/h2-4H,1H3. The fraction of sp³-hybridized carbons (Fsp3) is 0.111. The molecule has 0 saturated heterocycles. The van der Waals surface area contributed by atoms with Crippen molar-refractivity contribution in [2.45, 2.75) is 0 Å². The summed E-state index contributed by atoms with van der Waals surface area (Å²) in [5, 5.41) is 10.1. The Hall–Kier alpha value is -1.53. The molecule has 0 fully saturated rings. The predicted octanol–water partition coefficient (Wildman–Crippen LogP) is 2.04. The van der Waals surface area contributed by atoms with E-state index < -0.39 is 5.97 Å². The zero-order chi connectivity index (χ0) is 11.5. The van der Waals surface area contributed by atoms with Gasteiger partial charge < -0.3 is 4.74 Å². The Morgan fingerprint density at radius 2 is 2.25 bits per heavy atom. The first-order chi connectivity index (χ1) is 7.70. The molecule has 16 heavy (non-hydrogen) atoms. The van der Waals surface area contributed by atoms with E-state index >= 15 is 0 Å². The Morgan fingerprint density at radius 3 is 2.88 bits per heavy atom. The van der Waals surface area contributed by atoms with Gasteiger partial charge in [0.05, 0.1) is 7.11 Å². The van der Waals surface area contributed by atoms with E-state index in [2.05, 4.69) is 19.9 Å². The number of halogens is 1. The molecule has 82 valence electrons. The van der Waals surface area contributed by atoms with Gasteiger partial charge in [-0.3, -0.25) is 0 Å². The Kier molecular flexibility index (Phi) is 3.12. The summed E-state index contributed by atoms with van der Waals surface area (Å²) in [5.41, 5.74) is 0.837. The van der Waals surface area contributed by atoms with E-state index in [0.29, 0.717) is 15.9 Å². The zero-order valence-electron chi connectivity index (χ0n) is 8.18. The molecule has 0 aromatic carbocycles. The van der Waals surface area contributed by atoms with Gasteiger partial charge in [0.15, 0.2) is 10.8 Å². The average Bonchev–Trinajstić information content (AvgIpc) is 2.78. The summed E-state index contributed by atoms with van der Waals surface area (Å²) in [5.74, 6) is -0.468. The first kappa shape index (κ1) is 11.0. The highest BCUT2D eigenvalue weighted by atomic mass is 35.5. The minimum atomic E-state index is -0.468. The lowest BCUT2D eigenvalue weighted by atomic mass is 10.4. The van der Waals surface area contributed by atoms with Crippen molar-refractivity contribution in [3.05, 3.63) is 28.4 Å². The van der Waals surface area contributed by atoms with Crippen LogP contribution in [-0.4, -0.2) is 28.3 Å². The summed E-state index contributed by atoms with van der Waals surface area (Å²) >= 11 is 6.91. The van der Waals surface area contributed by atoms with Gasteiger partial charge in [0, 0.05) is 5.38 Å². The van der Waals surface area contributed by atoms with E-state index in [1.807, 2.05) is 0 Å². The molecule has 0 atom stereocenters. The molecule has 0 unspecified atom stereocenters. The van der Waals surface area contributed by atoms with Crippen LogP contribution in [0.2, 0.25) is 5.15 Å². The number of carbonyl (C=O) groups excluding carboxylic acids is 1. The molecule has 0 saturated carbocycles. The van der Waals surface area contributed by atoms with Crippen molar-refractivity contribution in [3.63, 3.8) is 0 Å². The van der Waals surface area contributed by atoms with Crippen LogP contribution in [0.25, 0.3) is 10.7 Å². The third-order valence-electron chi connectivity index (χ3n) is 1.75. The van der Waals surface area contributed by atoms with Gasteiger partial charge in [-0.15, -0.1) is 21.5 Å². The van der Waals surface area contributed by atoms with E-state index in [0.717, 1.165) is 0 Å². The molecule has 0 N–H and O–H groups in total. The summed E-state index contributed by atoms with van der Waals surface area (Å²) in [6.07, 6.45) is 0. The normalized spacial score (nSPS) is 10.1. The van der Waals surface area contributed by atoms with Crippen LogP contribution < -0.4 is 0 Å². The monoisotopic (exact) mass is 255 g/mol. The van der Waals surface area contributed by atoms with Crippen LogP contribution in [0.5, 0.6) is 0 Å². The smallest absolute Gasteiger partial charge is 0.357 e. The number of hydrogen-bond acceptors (Lipinski definition) is 6. The van der Waals surface area contributed by atoms with Crippen LogP contribution in [0.4, 0.5) is 0 Å². The van der Waals surface area contributed by atoms with Crippen molar-refractivity contribution in [2.75, 3.05) is 7.11 Å². The van der Waals surface area contributed by atoms with Crippen molar-refractivity contribution in [2.24, 2.45) is 0 Å². The molecule has 0 amide bonds. The van der Waals surface area contributed by atoms with Gasteiger partial charge in [-0.25, -0.2) is 9.78 Å². The third-order valence-corrected chi connectivity index (χ3v) is 2.82. The van der Waals surface area contributed by atoms with Gasteiger partial charge in [-0.2, -0.15) is 0 Å². The summed E-state index contributed by atoms with van der Waals surface area (Å²) in [7, 11) is 1.31. The van der Waals surface area contributed by atoms with Gasteiger partial charge in [-0.05, 0) is 12.1 Å². The second-order valence-corrected chi connectivity index (χ2v) is 4.02. The number of ether oxygens (including phenoxy) is 1. The lowest BCUT2D eigenvalue weighted by Crippen LogP contribution is -2.01. The third kappa shape index (κ3) is 2.17. The number of rotatable bonds is 2. The minimum absolute atomic E-state index is 0.263. The van der Waals surface area contributed by atoms with Crippen molar-refractivity contribution in [1.82, 2.24) is 15.2 Å². The zero-order valence-corrected chi connectivity index (χ0v) is 9.75. The molecule has 0 radical (unpaired) electrons. The maximum atomic E-state index is 11.2. The molecular weight excluding hydrogens is 250 g/mol. The molecule has 5 nitrogen and oxygen atoms in total. The molecule has 0 bridgehead atoms. The summed E-state index contributed by atoms with van der Waals surface area (Å²) in [4.78, 5) is 15.3. The molecular formula is C9H6ClN3O2S. The number of hydrogen-bond donors (Lipinski definition) is 0. The fourth-order valence-corrected chi connectivity index (χ4v) is 1.87. The highest BCUT2D eigenvalue weighted by Gasteiger charge is 2.12. The molecule has 2 aromatic heterocycles. The quantitative estimate of drug-likeness (QED) is 0.769. The van der Waals surface area contributed by atoms with Crippen LogP contribution in [0.15, 0.2) is 17.5 Å². The Balaban J connectivity index is 2.31. The van der Waals surface area contributed by atoms with Gasteiger partial charge >= 0.3 is 5.97 Å². The molecule has 0 aliphatic carbocycles. The van der Waals surface area contributed by atoms with Crippen molar-refractivity contribution >= 4 is 28.9 Å². The van der Waals surface area contributed by atoms with Crippen LogP contribution >= 0.6 is 22.9 Å². The number of thiazole rings is 1. The maximum Gasteiger partial charge on any atom is 0.357 e. The Morgan fingerprint density at radius 1 is 1.44 bits per heavy atom. The summed E-state index contributed by atoms with van der Waals surface area (Å²) in [6, 6.07) is 3.30. The highest BCUT2D eigenvalue weighted by Crippen LogP contribution is 2.22. The van der Waals surface area contributed by atoms with Crippen molar-refractivity contribution in [1.29, 1.82) is 0 Å². The van der Waals surface area contributed by atoms with Gasteiger partial charge in [-0.1, -0.05) is 11.6 Å². The van der Waals surface area contributed by atoms with E-state index in [1.165, 1.54) is 18.4 Å². The van der Waals surface area contributed by atoms with E-state index in [1.54, 1.807) is 17.5 Å². The number of nitrogens with zero attached hydrogens (tertiary/aromatic N) is 3. The maximum absolute atomic E-state index is 11.2. The molecule has 2 heterocycles. The van der Waals surface area contributed by atoms with Gasteiger partial charge in [0.25, 0.3) is 0 Å². The summed E-state index contributed by atoms with van der Waals surface area (Å²) < 4.78 is 4.55. The number of carbonyl (C=O) groups is 1. The fourth-order valence-electron chi connectivity index (χ4n) is 1.02. The molecule has 0 aliphatic heterocycles. The molecule has 2 rings (SSSR count). The second kappa shape index (κ2) is 4.54. The summed E-state index contributed by atoms with van der Waals surface area (Å²) in [6.45, 7) is 0. The number of methoxy groups -OCH3 is 1. The largest absolute Gasteiger partial charge is 0.464 e. The SMILES string of the molecule is COC(=O)c1csc(-c2ccc(Cl)nn2)n1. The predicted molar refractivity (Wildman–Crippen MR) is 59.5 cm³/mol. The van der Waals surface area contributed by atoms with Crippen LogP contribution in [0.1, 0.15) is 10.5 Å². The van der Waals surface area contributed by atoms with Crippen LogP contribution in [0, 0.1) is 0 Å². The lowest BCUT2D eigenvalue weighted by molar-refractivity contribution is 0.0595. The molecule has 7 heteroatoms. The Bertz CT molecular complexity index is 512. The molecule has 2 aromatic rings. The average molecular weight is 256 g/mol. The molecule has 0 spiro atoms. The van der Waals surface area contributed by atoms with Gasteiger partial charge in [0.1, 0.15) is 10.7 Å². The highest BCUT2D eigenvalue weighted by molar-refractivity contribution is 7.13. The van der Waals surface area contributed by atoms with E-state index in [9.17, 15) is 4.79 Å². The van der Waals surface area contributed by atoms with E-state index in [4.69, 9.17) is 11.6 Å². The first-order valence-electron chi connectivity index (χ1n) is 4.24. The van der Waals surface area contributed by atoms with Crippen LogP contribution in [-0.2, 0) is 4.74 Å². The second-order valence-electron chi connectivity index (χ2n) is 2.77. The van der Waals surface area contributed by atoms with Crippen molar-refractivity contribution in [3.8, 4) is 10.7 Å². The van der Waals surface area contributed by atoms with Crippen LogP contribution in [0.3, 0.4) is 0 Å². The van der Waals surface area contributed by atoms with Gasteiger partial charge in [0.2, 0.25) is 0 Å². The van der Waals surface area contributed by atoms with E-state index in [-0.39, 0.29) is 5.69 Å². The topological polar surface area (TPSA) is 65.0 Å². The number of esters is 1. The molecule has 0 aliphatic rings. The minimum Gasteiger partial charge on any atom is -0.464 e. The first-order valence-corrected chi connectivity index (χ1v) is 5.50. The van der Waals surface area contributed by atoms with Crippen molar-refractivity contribution < 1.29 is 9.53 Å². The lowest BCUT2D eigenvalue weighted by Gasteiger charge is -1.94.